The fraction of sp³-hybridized carbons (Fsp3) is 0.176. The fourth-order valence-corrected chi connectivity index (χ4v) is 3.85. The number of anilines is 1. The molecule has 0 spiro atoms. The van der Waals surface area contributed by atoms with Gasteiger partial charge < -0.3 is 4.42 Å². The molecule has 0 aliphatic carbocycles. The number of aryl methyl sites for hydroxylation is 2. The molecule has 1 amide bonds. The summed E-state index contributed by atoms with van der Waals surface area (Å²) >= 11 is 2.52. The van der Waals surface area contributed by atoms with Crippen molar-refractivity contribution in [2.45, 2.75) is 18.2 Å². The average Bonchev–Trinajstić information content (AvgIpc) is 3.24. The molecule has 0 saturated carbocycles. The van der Waals surface area contributed by atoms with E-state index >= 15 is 0 Å². The summed E-state index contributed by atoms with van der Waals surface area (Å²) in [5, 5.41) is 10.9. The highest BCUT2D eigenvalue weighted by molar-refractivity contribution is 8.01. The molecule has 25 heavy (non-hydrogen) atoms. The normalized spacial score (nSPS) is 10.6. The topological polar surface area (TPSA) is 85.1 Å². The van der Waals surface area contributed by atoms with E-state index in [1.807, 2.05) is 32.0 Å². The van der Waals surface area contributed by atoms with Crippen LogP contribution >= 0.6 is 23.1 Å². The Labute approximate surface area is 152 Å². The molecule has 0 bridgehead atoms. The van der Waals surface area contributed by atoms with E-state index in [0.717, 1.165) is 11.1 Å². The number of ketones is 1. The number of nitrogens with zero attached hydrogens (tertiary/aromatic N) is 2. The first-order valence-electron chi connectivity index (χ1n) is 7.44. The molecule has 2 aromatic heterocycles. The summed E-state index contributed by atoms with van der Waals surface area (Å²) in [6.45, 7) is 3.92. The lowest BCUT2D eigenvalue weighted by Gasteiger charge is -2.04. The molecule has 0 unspecified atom stereocenters. The van der Waals surface area contributed by atoms with Gasteiger partial charge in [0.25, 0.3) is 5.91 Å². The molecule has 8 heteroatoms. The van der Waals surface area contributed by atoms with Crippen LogP contribution in [-0.2, 0) is 0 Å². The van der Waals surface area contributed by atoms with Gasteiger partial charge in [0, 0.05) is 5.56 Å². The summed E-state index contributed by atoms with van der Waals surface area (Å²) in [5.74, 6) is 0.127. The minimum absolute atomic E-state index is 0.0406. The van der Waals surface area contributed by atoms with Gasteiger partial charge in [0.15, 0.2) is 15.9 Å². The van der Waals surface area contributed by atoms with E-state index in [4.69, 9.17) is 4.42 Å². The lowest BCUT2D eigenvalue weighted by Crippen LogP contribution is -2.10. The number of aromatic nitrogens is 2. The van der Waals surface area contributed by atoms with Crippen molar-refractivity contribution in [3.8, 4) is 0 Å². The zero-order chi connectivity index (χ0) is 17.8. The monoisotopic (exact) mass is 373 g/mol. The van der Waals surface area contributed by atoms with Gasteiger partial charge in [-0.1, -0.05) is 46.9 Å². The summed E-state index contributed by atoms with van der Waals surface area (Å²) < 4.78 is 5.63. The van der Waals surface area contributed by atoms with E-state index in [9.17, 15) is 9.59 Å². The van der Waals surface area contributed by atoms with Crippen molar-refractivity contribution in [1.29, 1.82) is 0 Å². The van der Waals surface area contributed by atoms with Crippen LogP contribution in [0.5, 0.6) is 0 Å². The third-order valence-electron chi connectivity index (χ3n) is 3.38. The van der Waals surface area contributed by atoms with Crippen molar-refractivity contribution < 1.29 is 14.0 Å². The molecule has 1 N–H and O–H groups in total. The Morgan fingerprint density at radius 1 is 1.24 bits per heavy atom. The number of carbonyl (C=O) groups is 2. The van der Waals surface area contributed by atoms with E-state index in [0.29, 0.717) is 15.0 Å². The zero-order valence-electron chi connectivity index (χ0n) is 13.6. The second-order valence-corrected chi connectivity index (χ2v) is 7.53. The van der Waals surface area contributed by atoms with Crippen LogP contribution in [0.1, 0.15) is 32.0 Å². The van der Waals surface area contributed by atoms with Crippen molar-refractivity contribution >= 4 is 39.9 Å². The summed E-state index contributed by atoms with van der Waals surface area (Å²) in [6.07, 6.45) is 1.43. The largest absolute Gasteiger partial charge is 0.459 e. The van der Waals surface area contributed by atoms with Gasteiger partial charge >= 0.3 is 0 Å². The van der Waals surface area contributed by atoms with Gasteiger partial charge in [-0.15, -0.1) is 10.2 Å². The maximum absolute atomic E-state index is 12.3. The van der Waals surface area contributed by atoms with Crippen molar-refractivity contribution in [1.82, 2.24) is 10.2 Å². The lowest BCUT2D eigenvalue weighted by molar-refractivity contribution is 0.0994. The van der Waals surface area contributed by atoms with Gasteiger partial charge in [0.05, 0.1) is 12.0 Å². The van der Waals surface area contributed by atoms with Gasteiger partial charge in [0.2, 0.25) is 5.13 Å². The standard InChI is InChI=1S/C17H15N3O3S2/c1-10-5-6-12(11(2)8-10)13(21)9-24-17-20-19-16(25-17)18-15(22)14-4-3-7-23-14/h3-8H,9H2,1-2H3,(H,18,19,22). The summed E-state index contributed by atoms with van der Waals surface area (Å²) in [6, 6.07) is 8.97. The second-order valence-electron chi connectivity index (χ2n) is 5.33. The highest BCUT2D eigenvalue weighted by atomic mass is 32.2. The van der Waals surface area contributed by atoms with Crippen LogP contribution < -0.4 is 5.32 Å². The van der Waals surface area contributed by atoms with Crippen LogP contribution in [0.15, 0.2) is 45.4 Å². The Balaban J connectivity index is 1.58. The Kier molecular flexibility index (Phi) is 5.30. The number of hydrogen-bond donors (Lipinski definition) is 1. The van der Waals surface area contributed by atoms with Gasteiger partial charge in [-0.05, 0) is 31.5 Å². The van der Waals surface area contributed by atoms with Gasteiger partial charge in [-0.3, -0.25) is 14.9 Å². The molecule has 3 aromatic rings. The van der Waals surface area contributed by atoms with Crippen LogP contribution in [0.4, 0.5) is 5.13 Å². The summed E-state index contributed by atoms with van der Waals surface area (Å²) in [5.41, 5.74) is 2.81. The van der Waals surface area contributed by atoms with Crippen molar-refractivity contribution in [2.24, 2.45) is 0 Å². The number of amides is 1. The Bertz CT molecular complexity index is 904. The Morgan fingerprint density at radius 3 is 2.80 bits per heavy atom. The second kappa shape index (κ2) is 7.62. The quantitative estimate of drug-likeness (QED) is 0.400. The van der Waals surface area contributed by atoms with Gasteiger partial charge in [-0.2, -0.15) is 0 Å². The van der Waals surface area contributed by atoms with E-state index < -0.39 is 0 Å². The van der Waals surface area contributed by atoms with Crippen molar-refractivity contribution in [2.75, 3.05) is 11.1 Å². The summed E-state index contributed by atoms with van der Waals surface area (Å²) in [4.78, 5) is 24.2. The van der Waals surface area contributed by atoms with Crippen LogP contribution in [0.25, 0.3) is 0 Å². The number of furan rings is 1. The number of carbonyl (C=O) groups excluding carboxylic acids is 2. The number of thioether (sulfide) groups is 1. The third-order valence-corrected chi connectivity index (χ3v) is 5.35. The maximum atomic E-state index is 12.3. The SMILES string of the molecule is Cc1ccc(C(=O)CSc2nnc(NC(=O)c3ccco3)s2)c(C)c1. The highest BCUT2D eigenvalue weighted by Gasteiger charge is 2.14. The molecule has 0 saturated heterocycles. The molecule has 0 aliphatic heterocycles. The molecular formula is C17H15N3O3S2. The molecule has 3 rings (SSSR count). The maximum Gasteiger partial charge on any atom is 0.293 e. The number of benzene rings is 1. The molecular weight excluding hydrogens is 358 g/mol. The number of hydrogen-bond acceptors (Lipinski definition) is 7. The lowest BCUT2D eigenvalue weighted by atomic mass is 10.0. The van der Waals surface area contributed by atoms with Crippen molar-refractivity contribution in [3.63, 3.8) is 0 Å². The van der Waals surface area contributed by atoms with Gasteiger partial charge in [-0.25, -0.2) is 0 Å². The highest BCUT2D eigenvalue weighted by Crippen LogP contribution is 2.27. The van der Waals surface area contributed by atoms with E-state index in [2.05, 4.69) is 15.5 Å². The van der Waals surface area contributed by atoms with Crippen LogP contribution in [0, 0.1) is 13.8 Å². The molecule has 0 fully saturated rings. The first-order valence-corrected chi connectivity index (χ1v) is 9.25. The number of Topliss-reactive ketones (excluding diaryl/α,β-unsaturated/α-hetero) is 1. The molecule has 6 nitrogen and oxygen atoms in total. The first kappa shape index (κ1) is 17.4. The minimum Gasteiger partial charge on any atom is -0.459 e. The fourth-order valence-electron chi connectivity index (χ4n) is 2.22. The van der Waals surface area contributed by atoms with Crippen LogP contribution in [-0.4, -0.2) is 27.6 Å². The smallest absolute Gasteiger partial charge is 0.293 e. The molecule has 0 radical (unpaired) electrons. The molecule has 0 aliphatic rings. The number of nitrogens with one attached hydrogen (secondary N) is 1. The Hall–Kier alpha value is -2.45. The van der Waals surface area contributed by atoms with Crippen molar-refractivity contribution in [3.05, 3.63) is 59.0 Å². The van der Waals surface area contributed by atoms with Gasteiger partial charge in [0.1, 0.15) is 0 Å². The first-order chi connectivity index (χ1) is 12.0. The third kappa shape index (κ3) is 4.34. The molecule has 2 heterocycles. The predicted molar refractivity (Wildman–Crippen MR) is 97.5 cm³/mol. The minimum atomic E-state index is -0.385. The average molecular weight is 373 g/mol. The zero-order valence-corrected chi connectivity index (χ0v) is 15.2. The molecule has 0 atom stereocenters. The van der Waals surface area contributed by atoms with E-state index in [1.54, 1.807) is 12.1 Å². The van der Waals surface area contributed by atoms with Crippen LogP contribution in [0.2, 0.25) is 0 Å². The summed E-state index contributed by atoms with van der Waals surface area (Å²) in [7, 11) is 0. The number of rotatable bonds is 6. The molecule has 128 valence electrons. The molecule has 1 aromatic carbocycles. The van der Waals surface area contributed by atoms with E-state index in [-0.39, 0.29) is 23.2 Å². The Morgan fingerprint density at radius 2 is 2.08 bits per heavy atom. The van der Waals surface area contributed by atoms with E-state index in [1.165, 1.54) is 29.4 Å². The van der Waals surface area contributed by atoms with Crippen LogP contribution in [0.3, 0.4) is 0 Å². The predicted octanol–water partition coefficient (Wildman–Crippen LogP) is 3.98.